The third-order valence-electron chi connectivity index (χ3n) is 7.15. The van der Waals surface area contributed by atoms with Crippen LogP contribution < -0.4 is 10.6 Å². The Hall–Kier alpha value is -3.89. The highest BCUT2D eigenvalue weighted by atomic mass is 19.4. The minimum absolute atomic E-state index is 0.00254. The molecule has 8 nitrogen and oxygen atoms in total. The highest BCUT2D eigenvalue weighted by molar-refractivity contribution is 6.07. The molecule has 1 unspecified atom stereocenters. The maximum absolute atomic E-state index is 14.7. The quantitative estimate of drug-likeness (QED) is 0.463. The van der Waals surface area contributed by atoms with Crippen LogP contribution in [0.15, 0.2) is 42.5 Å². The molecule has 0 saturated heterocycles. The van der Waals surface area contributed by atoms with Gasteiger partial charge < -0.3 is 10.1 Å². The lowest BCUT2D eigenvalue weighted by Crippen LogP contribution is -2.63. The molecule has 0 bridgehead atoms. The Labute approximate surface area is 210 Å². The monoisotopic (exact) mass is 514 g/mol. The Morgan fingerprint density at radius 2 is 1.92 bits per heavy atom. The lowest BCUT2D eigenvalue weighted by molar-refractivity contribution is -0.217. The van der Waals surface area contributed by atoms with Crippen molar-refractivity contribution in [1.82, 2.24) is 14.9 Å². The van der Waals surface area contributed by atoms with E-state index in [1.165, 1.54) is 19.2 Å². The number of amides is 2. The van der Waals surface area contributed by atoms with Gasteiger partial charge in [0.25, 0.3) is 11.6 Å². The molecule has 5 rings (SSSR count). The predicted molar refractivity (Wildman–Crippen MR) is 129 cm³/mol. The molecular formula is C26H25F3N4O4. The van der Waals surface area contributed by atoms with Crippen molar-refractivity contribution < 1.29 is 32.3 Å². The molecule has 0 radical (unpaired) electrons. The molecule has 1 aromatic heterocycles. The van der Waals surface area contributed by atoms with Crippen molar-refractivity contribution in [2.45, 2.75) is 50.4 Å². The summed E-state index contributed by atoms with van der Waals surface area (Å²) in [5.74, 6) is -2.86. The summed E-state index contributed by atoms with van der Waals surface area (Å²) in [6.45, 7) is 0. The zero-order valence-electron chi connectivity index (χ0n) is 20.0. The number of fused-ring (bicyclic) bond motifs is 3. The highest BCUT2D eigenvalue weighted by Crippen LogP contribution is 2.45. The van der Waals surface area contributed by atoms with Crippen molar-refractivity contribution in [2.75, 3.05) is 12.4 Å². The Bertz CT molecular complexity index is 1390. The molecule has 1 aliphatic heterocycles. The fourth-order valence-corrected chi connectivity index (χ4v) is 5.32. The molecule has 2 N–H and O–H groups in total. The normalized spacial score (nSPS) is 19.6. The minimum atomic E-state index is -5.15. The van der Waals surface area contributed by atoms with Gasteiger partial charge in [0.15, 0.2) is 0 Å². The van der Waals surface area contributed by atoms with E-state index in [-0.39, 0.29) is 29.0 Å². The summed E-state index contributed by atoms with van der Waals surface area (Å²) in [7, 11) is 1.25. The largest absolute Gasteiger partial charge is 0.465 e. The van der Waals surface area contributed by atoms with E-state index in [4.69, 9.17) is 4.74 Å². The second-order valence-corrected chi connectivity index (χ2v) is 9.42. The average Bonchev–Trinajstić information content (AvgIpc) is 3.58. The number of nitrogens with one attached hydrogen (secondary N) is 2. The second-order valence-electron chi connectivity index (χ2n) is 9.42. The van der Waals surface area contributed by atoms with Crippen LogP contribution in [0.25, 0.3) is 22.2 Å². The van der Waals surface area contributed by atoms with Crippen LogP contribution in [-0.4, -0.2) is 40.6 Å². The molecule has 37 heavy (non-hydrogen) atoms. The van der Waals surface area contributed by atoms with Gasteiger partial charge in [-0.15, -0.1) is 0 Å². The fourth-order valence-electron chi connectivity index (χ4n) is 5.32. The number of hydrogen-bond acceptors (Lipinski definition) is 5. The first-order valence-electron chi connectivity index (χ1n) is 12.1. The Morgan fingerprint density at radius 3 is 2.62 bits per heavy atom. The van der Waals surface area contributed by atoms with Gasteiger partial charge in [-0.1, -0.05) is 49.9 Å². The Kier molecular flexibility index (Phi) is 6.17. The first kappa shape index (κ1) is 24.8. The number of anilines is 1. The van der Waals surface area contributed by atoms with Gasteiger partial charge in [-0.25, -0.2) is 9.78 Å². The molecule has 1 aliphatic carbocycles. The Balaban J connectivity index is 1.58. The van der Waals surface area contributed by atoms with Crippen molar-refractivity contribution in [3.8, 4) is 11.1 Å². The third-order valence-corrected chi connectivity index (χ3v) is 7.15. The van der Waals surface area contributed by atoms with E-state index in [1.54, 1.807) is 30.3 Å². The molecule has 1 saturated carbocycles. The van der Waals surface area contributed by atoms with E-state index in [1.807, 2.05) is 5.32 Å². The van der Waals surface area contributed by atoms with Gasteiger partial charge in [-0.05, 0) is 36.1 Å². The number of rotatable bonds is 6. The molecule has 2 aliphatic rings. The number of aromatic nitrogens is 2. The van der Waals surface area contributed by atoms with Crippen LogP contribution in [0.3, 0.4) is 0 Å². The molecule has 0 spiro atoms. The number of nitrogens with zero attached hydrogens (tertiary/aromatic N) is 2. The first-order chi connectivity index (χ1) is 17.7. The summed E-state index contributed by atoms with van der Waals surface area (Å²) >= 11 is 0. The number of ether oxygens (including phenoxy) is 1. The van der Waals surface area contributed by atoms with E-state index in [2.05, 4.69) is 10.3 Å². The predicted octanol–water partition coefficient (Wildman–Crippen LogP) is 4.74. The Morgan fingerprint density at radius 1 is 1.19 bits per heavy atom. The number of carbonyl (C=O) groups is 3. The number of carbonyl (C=O) groups excluding carboxylic acids is 3. The minimum Gasteiger partial charge on any atom is -0.465 e. The maximum atomic E-state index is 14.7. The van der Waals surface area contributed by atoms with Gasteiger partial charge in [-0.3, -0.25) is 19.5 Å². The number of hydrogen-bond donors (Lipinski definition) is 2. The number of para-hydroxylation sites is 1. The van der Waals surface area contributed by atoms with Crippen LogP contribution >= 0.6 is 0 Å². The summed E-state index contributed by atoms with van der Waals surface area (Å²) in [6.07, 6.45) is -0.779. The van der Waals surface area contributed by atoms with Crippen molar-refractivity contribution >= 4 is 34.8 Å². The summed E-state index contributed by atoms with van der Waals surface area (Å²) in [5.41, 5.74) is -1.93. The summed E-state index contributed by atoms with van der Waals surface area (Å²) < 4.78 is 49.5. The topological polar surface area (TPSA) is 102 Å². The van der Waals surface area contributed by atoms with Crippen molar-refractivity contribution in [3.05, 3.63) is 48.0 Å². The van der Waals surface area contributed by atoms with Crippen LogP contribution in [0.5, 0.6) is 0 Å². The lowest BCUT2D eigenvalue weighted by atomic mass is 10.0. The van der Waals surface area contributed by atoms with E-state index < -0.39 is 29.6 Å². The molecule has 2 aromatic carbocycles. The standard InChI is InChI=1S/C26H25F3N4O4/c1-37-22(35)17-9-4-8-16(14-17)18-10-5-11-19-21(18)30-24-31-23(36)25(33(19)24,26(27,28)29)32-20(34)13-12-15-6-2-3-7-15/h4-5,8-11,14-15H,2-3,6-7,12-13H2,1H3,(H,32,34)(H,30,31,36). The van der Waals surface area contributed by atoms with Gasteiger partial charge in [0, 0.05) is 12.0 Å². The van der Waals surface area contributed by atoms with Gasteiger partial charge >= 0.3 is 12.1 Å². The number of halogens is 3. The molecule has 194 valence electrons. The highest BCUT2D eigenvalue weighted by Gasteiger charge is 2.67. The van der Waals surface area contributed by atoms with Crippen LogP contribution in [0, 0.1) is 5.92 Å². The molecule has 1 atom stereocenters. The number of alkyl halides is 3. The van der Waals surface area contributed by atoms with Gasteiger partial charge in [0.05, 0.1) is 23.7 Å². The summed E-state index contributed by atoms with van der Waals surface area (Å²) in [4.78, 5) is 41.9. The van der Waals surface area contributed by atoms with Crippen LogP contribution in [-0.2, 0) is 20.0 Å². The molecule has 1 fully saturated rings. The van der Waals surface area contributed by atoms with E-state index in [9.17, 15) is 27.6 Å². The number of benzene rings is 2. The second kappa shape index (κ2) is 9.20. The van der Waals surface area contributed by atoms with Crippen LogP contribution in [0.1, 0.15) is 48.9 Å². The zero-order chi connectivity index (χ0) is 26.4. The van der Waals surface area contributed by atoms with E-state index in [0.29, 0.717) is 28.0 Å². The third kappa shape index (κ3) is 4.11. The van der Waals surface area contributed by atoms with Gasteiger partial charge in [0.1, 0.15) is 0 Å². The fraction of sp³-hybridized carbons (Fsp3) is 0.385. The van der Waals surface area contributed by atoms with Gasteiger partial charge in [-0.2, -0.15) is 13.2 Å². The van der Waals surface area contributed by atoms with Crippen molar-refractivity contribution in [3.63, 3.8) is 0 Å². The van der Waals surface area contributed by atoms with Crippen molar-refractivity contribution in [1.29, 1.82) is 0 Å². The van der Waals surface area contributed by atoms with Crippen LogP contribution in [0.4, 0.5) is 19.1 Å². The number of methoxy groups -OCH3 is 1. The van der Waals surface area contributed by atoms with E-state index in [0.717, 1.165) is 25.7 Å². The smallest absolute Gasteiger partial charge is 0.440 e. The van der Waals surface area contributed by atoms with Gasteiger partial charge in [0.2, 0.25) is 11.9 Å². The molecule has 3 aromatic rings. The zero-order valence-corrected chi connectivity index (χ0v) is 20.0. The summed E-state index contributed by atoms with van der Waals surface area (Å²) in [5, 5.41) is 4.23. The summed E-state index contributed by atoms with van der Waals surface area (Å²) in [6, 6.07) is 11.0. The first-order valence-corrected chi connectivity index (χ1v) is 12.1. The molecule has 11 heteroatoms. The molecular weight excluding hydrogens is 489 g/mol. The SMILES string of the molecule is COC(=O)c1cccc(-c2cccc3c2nc2n3C(NC(=O)CCC3CCCC3)(C(F)(F)F)C(=O)N2)c1. The molecule has 2 amide bonds. The number of esters is 1. The van der Waals surface area contributed by atoms with Crippen LogP contribution in [0.2, 0.25) is 0 Å². The van der Waals surface area contributed by atoms with E-state index >= 15 is 0 Å². The molecule has 2 heterocycles. The van der Waals surface area contributed by atoms with Crippen molar-refractivity contribution in [2.24, 2.45) is 5.92 Å². The maximum Gasteiger partial charge on any atom is 0.440 e. The average molecular weight is 515 g/mol. The lowest BCUT2D eigenvalue weighted by Gasteiger charge is -2.32. The number of imidazole rings is 1.